The van der Waals surface area contributed by atoms with E-state index in [2.05, 4.69) is 40.5 Å². The molecule has 1 amide bonds. The summed E-state index contributed by atoms with van der Waals surface area (Å²) in [6.45, 7) is 4.25. The Balaban J connectivity index is 0.00000169. The molecule has 0 radical (unpaired) electrons. The minimum atomic E-state index is -0.0974. The summed E-state index contributed by atoms with van der Waals surface area (Å²) >= 11 is 0. The number of rotatable bonds is 3. The number of piperidine rings is 1. The van der Waals surface area contributed by atoms with Crippen molar-refractivity contribution >= 4 is 18.3 Å². The molecule has 1 N–H and O–H groups in total. The van der Waals surface area contributed by atoms with Gasteiger partial charge in [-0.15, -0.1) is 12.4 Å². The average molecular weight is 349 g/mol. The van der Waals surface area contributed by atoms with E-state index < -0.39 is 0 Å². The maximum atomic E-state index is 13.2. The summed E-state index contributed by atoms with van der Waals surface area (Å²) in [7, 11) is 0. The van der Waals surface area contributed by atoms with Gasteiger partial charge in [0.1, 0.15) is 0 Å². The van der Waals surface area contributed by atoms with E-state index in [-0.39, 0.29) is 17.8 Å². The quantitative estimate of drug-likeness (QED) is 0.907. The number of nitrogens with one attached hydrogen (secondary N) is 1. The van der Waals surface area contributed by atoms with Crippen molar-refractivity contribution in [1.82, 2.24) is 10.2 Å². The monoisotopic (exact) mass is 348 g/mol. The van der Waals surface area contributed by atoms with E-state index in [1.807, 2.05) is 0 Å². The summed E-state index contributed by atoms with van der Waals surface area (Å²) in [5, 5.41) is 3.51. The molecule has 1 aliphatic carbocycles. The first-order chi connectivity index (χ1) is 11.2. The van der Waals surface area contributed by atoms with Crippen LogP contribution in [0, 0.1) is 10.8 Å². The van der Waals surface area contributed by atoms with Crippen LogP contribution < -0.4 is 5.32 Å². The number of likely N-dealkylation sites (tertiary alicyclic amines) is 1. The smallest absolute Gasteiger partial charge is 0.229 e. The van der Waals surface area contributed by atoms with E-state index in [1.54, 1.807) is 0 Å². The van der Waals surface area contributed by atoms with Gasteiger partial charge in [0.15, 0.2) is 0 Å². The number of carbonyl (C=O) groups excluding carboxylic acids is 1. The Morgan fingerprint density at radius 3 is 2.29 bits per heavy atom. The van der Waals surface area contributed by atoms with Gasteiger partial charge in [-0.1, -0.05) is 36.8 Å². The van der Waals surface area contributed by atoms with Crippen LogP contribution in [0.5, 0.6) is 0 Å². The molecule has 0 aromatic heterocycles. The predicted octanol–water partition coefficient (Wildman–Crippen LogP) is 3.42. The third-order valence-corrected chi connectivity index (χ3v) is 6.59. The summed E-state index contributed by atoms with van der Waals surface area (Å²) in [4.78, 5) is 15.4. The molecular weight excluding hydrogens is 320 g/mol. The fourth-order valence-corrected chi connectivity index (χ4v) is 4.80. The molecule has 2 aliphatic heterocycles. The summed E-state index contributed by atoms with van der Waals surface area (Å²) in [6, 6.07) is 10.6. The zero-order valence-corrected chi connectivity index (χ0v) is 15.2. The van der Waals surface area contributed by atoms with Crippen molar-refractivity contribution in [3.8, 4) is 0 Å². The molecule has 0 bridgehead atoms. The van der Waals surface area contributed by atoms with E-state index in [1.165, 1.54) is 31.2 Å². The molecule has 1 aromatic carbocycles. The van der Waals surface area contributed by atoms with Crippen molar-refractivity contribution in [3.05, 3.63) is 35.9 Å². The highest BCUT2D eigenvalue weighted by molar-refractivity contribution is 5.85. The van der Waals surface area contributed by atoms with Crippen LogP contribution in [-0.4, -0.2) is 37.0 Å². The van der Waals surface area contributed by atoms with Gasteiger partial charge < -0.3 is 10.2 Å². The molecule has 4 heteroatoms. The fourth-order valence-electron chi connectivity index (χ4n) is 4.80. The normalized spacial score (nSPS) is 24.2. The molecule has 4 rings (SSSR count). The van der Waals surface area contributed by atoms with Gasteiger partial charge in [-0.25, -0.2) is 0 Å². The third kappa shape index (κ3) is 3.21. The fraction of sp³-hybridized carbons (Fsp3) is 0.650. The number of amides is 1. The lowest BCUT2D eigenvalue weighted by Crippen LogP contribution is -2.53. The molecule has 24 heavy (non-hydrogen) atoms. The molecule has 1 spiro atoms. The first-order valence-electron chi connectivity index (χ1n) is 9.26. The van der Waals surface area contributed by atoms with Crippen molar-refractivity contribution in [2.75, 3.05) is 26.2 Å². The lowest BCUT2D eigenvalue weighted by molar-refractivity contribution is -0.149. The van der Waals surface area contributed by atoms with Gasteiger partial charge in [0.2, 0.25) is 5.91 Å². The van der Waals surface area contributed by atoms with E-state index in [0.29, 0.717) is 11.3 Å². The Labute approximate surface area is 151 Å². The van der Waals surface area contributed by atoms with Crippen molar-refractivity contribution in [2.45, 2.75) is 44.9 Å². The molecule has 2 saturated heterocycles. The number of nitrogens with zero attached hydrogens (tertiary/aromatic N) is 1. The summed E-state index contributed by atoms with van der Waals surface area (Å²) in [5.41, 5.74) is 1.71. The molecule has 0 atom stereocenters. The van der Waals surface area contributed by atoms with Crippen molar-refractivity contribution < 1.29 is 4.79 Å². The molecule has 132 valence electrons. The predicted molar refractivity (Wildman–Crippen MR) is 99.4 cm³/mol. The number of benzene rings is 1. The highest BCUT2D eigenvalue weighted by Gasteiger charge is 2.48. The van der Waals surface area contributed by atoms with Crippen LogP contribution in [0.1, 0.15) is 44.1 Å². The van der Waals surface area contributed by atoms with E-state index in [4.69, 9.17) is 0 Å². The Bertz CT molecular complexity index is 554. The Morgan fingerprint density at radius 1 is 1.04 bits per heavy atom. The standard InChI is InChI=1S/C20H28N2O.ClH/c23-18(22-13-10-19(11-14-22)9-12-21-16-19)20(7-4-8-20)15-17-5-2-1-3-6-17;/h1-3,5-6,21H,4,7-16H2;1H. The number of carbonyl (C=O) groups is 1. The summed E-state index contributed by atoms with van der Waals surface area (Å²) in [6.07, 6.45) is 7.95. The van der Waals surface area contributed by atoms with Crippen molar-refractivity contribution in [2.24, 2.45) is 10.8 Å². The van der Waals surface area contributed by atoms with Gasteiger partial charge in [0.05, 0.1) is 5.41 Å². The van der Waals surface area contributed by atoms with Crippen LogP contribution in [0.3, 0.4) is 0 Å². The molecule has 2 heterocycles. The third-order valence-electron chi connectivity index (χ3n) is 6.59. The van der Waals surface area contributed by atoms with Gasteiger partial charge >= 0.3 is 0 Å². The zero-order chi connectivity index (χ0) is 15.8. The second-order valence-electron chi connectivity index (χ2n) is 8.02. The van der Waals surface area contributed by atoms with Crippen LogP contribution in [-0.2, 0) is 11.2 Å². The van der Waals surface area contributed by atoms with Crippen LogP contribution in [0.4, 0.5) is 0 Å². The molecule has 3 nitrogen and oxygen atoms in total. The maximum Gasteiger partial charge on any atom is 0.229 e. The molecule has 3 aliphatic rings. The second-order valence-corrected chi connectivity index (χ2v) is 8.02. The molecular formula is C20H29ClN2O. The van der Waals surface area contributed by atoms with Crippen LogP contribution >= 0.6 is 12.4 Å². The average Bonchev–Trinajstić information content (AvgIpc) is 3.00. The number of hydrogen-bond acceptors (Lipinski definition) is 2. The minimum absolute atomic E-state index is 0. The van der Waals surface area contributed by atoms with Gasteiger partial charge in [0.25, 0.3) is 0 Å². The highest BCUT2D eigenvalue weighted by atomic mass is 35.5. The van der Waals surface area contributed by atoms with Gasteiger partial charge in [-0.2, -0.15) is 0 Å². The summed E-state index contributed by atoms with van der Waals surface area (Å²) < 4.78 is 0. The SMILES string of the molecule is Cl.O=C(N1CCC2(CCNC2)CC1)C1(Cc2ccccc2)CCC1. The second kappa shape index (κ2) is 7.05. The maximum absolute atomic E-state index is 13.2. The van der Waals surface area contributed by atoms with Crippen LogP contribution in [0.15, 0.2) is 30.3 Å². The van der Waals surface area contributed by atoms with E-state index >= 15 is 0 Å². The van der Waals surface area contributed by atoms with Crippen LogP contribution in [0.25, 0.3) is 0 Å². The zero-order valence-electron chi connectivity index (χ0n) is 14.4. The Kier molecular flexibility index (Phi) is 5.22. The minimum Gasteiger partial charge on any atom is -0.342 e. The first kappa shape index (κ1) is 17.8. The Morgan fingerprint density at radius 2 is 1.75 bits per heavy atom. The highest BCUT2D eigenvalue weighted by Crippen LogP contribution is 2.46. The van der Waals surface area contributed by atoms with Crippen molar-refractivity contribution in [1.29, 1.82) is 0 Å². The van der Waals surface area contributed by atoms with Crippen molar-refractivity contribution in [3.63, 3.8) is 0 Å². The largest absolute Gasteiger partial charge is 0.342 e. The van der Waals surface area contributed by atoms with Gasteiger partial charge in [0, 0.05) is 19.6 Å². The van der Waals surface area contributed by atoms with Gasteiger partial charge in [-0.05, 0) is 56.0 Å². The number of hydrogen-bond donors (Lipinski definition) is 1. The van der Waals surface area contributed by atoms with E-state index in [9.17, 15) is 4.79 Å². The topological polar surface area (TPSA) is 32.3 Å². The Hall–Kier alpha value is -1.06. The molecule has 1 saturated carbocycles. The van der Waals surface area contributed by atoms with E-state index in [0.717, 1.165) is 45.4 Å². The van der Waals surface area contributed by atoms with Crippen LogP contribution in [0.2, 0.25) is 0 Å². The lowest BCUT2D eigenvalue weighted by Gasteiger charge is -2.47. The summed E-state index contributed by atoms with van der Waals surface area (Å²) in [5.74, 6) is 0.438. The lowest BCUT2D eigenvalue weighted by atomic mass is 9.64. The molecule has 0 unspecified atom stereocenters. The van der Waals surface area contributed by atoms with Gasteiger partial charge in [-0.3, -0.25) is 4.79 Å². The molecule has 3 fully saturated rings. The first-order valence-corrected chi connectivity index (χ1v) is 9.26. The number of halogens is 1. The molecule has 1 aromatic rings.